The minimum atomic E-state index is -1.04. The summed E-state index contributed by atoms with van der Waals surface area (Å²) >= 11 is -1.04. The number of hydrogen-bond donors (Lipinski definition) is 2. The number of fused-ring (bicyclic) bond motifs is 3. The van der Waals surface area contributed by atoms with Gasteiger partial charge in [-0.05, 0) is 70.7 Å². The van der Waals surface area contributed by atoms with Crippen molar-refractivity contribution in [2.24, 2.45) is 5.41 Å². The van der Waals surface area contributed by atoms with E-state index in [0.29, 0.717) is 5.41 Å². The van der Waals surface area contributed by atoms with Crippen molar-refractivity contribution < 1.29 is 4.55 Å². The van der Waals surface area contributed by atoms with Gasteiger partial charge in [-0.2, -0.15) is 0 Å². The monoisotopic (exact) mass is 332 g/mol. The number of hydrogen-bond acceptors (Lipinski definition) is 3. The summed E-state index contributed by atoms with van der Waals surface area (Å²) in [5.41, 5.74) is 3.52. The predicted octanol–water partition coefficient (Wildman–Crippen LogP) is 3.19. The molecule has 1 aromatic rings. The normalized spacial score (nSPS) is 28.8. The van der Waals surface area contributed by atoms with Gasteiger partial charge in [0, 0.05) is 22.2 Å². The summed E-state index contributed by atoms with van der Waals surface area (Å²) in [5, 5.41) is 3.53. The molecule has 1 unspecified atom stereocenters. The quantitative estimate of drug-likeness (QED) is 0.818. The van der Waals surface area contributed by atoms with Gasteiger partial charge in [-0.1, -0.05) is 24.3 Å². The van der Waals surface area contributed by atoms with E-state index in [1.54, 1.807) is 0 Å². The van der Waals surface area contributed by atoms with E-state index in [2.05, 4.69) is 55.1 Å². The van der Waals surface area contributed by atoms with E-state index < -0.39 is 11.4 Å². The summed E-state index contributed by atoms with van der Waals surface area (Å²) in [4.78, 5) is 0. The van der Waals surface area contributed by atoms with E-state index in [4.69, 9.17) is 0 Å². The van der Waals surface area contributed by atoms with Gasteiger partial charge in [0.05, 0.1) is 6.04 Å². The van der Waals surface area contributed by atoms with Crippen LogP contribution in [-0.4, -0.2) is 22.4 Å². The molecule has 2 aliphatic carbocycles. The predicted molar refractivity (Wildman–Crippen MR) is 95.7 cm³/mol. The summed E-state index contributed by atoms with van der Waals surface area (Å²) in [6.45, 7) is 8.32. The van der Waals surface area contributed by atoms with Crippen LogP contribution in [0.4, 0.5) is 0 Å². The number of rotatable bonds is 2. The summed E-state index contributed by atoms with van der Waals surface area (Å²) in [6, 6.07) is 9.14. The highest BCUT2D eigenvalue weighted by molar-refractivity contribution is 7.90. The maximum atomic E-state index is 12.9. The molecule has 0 radical (unpaired) electrons. The second kappa shape index (κ2) is 5.22. The Bertz CT molecular complexity index is 600. The molecule has 1 aromatic carbocycles. The van der Waals surface area contributed by atoms with E-state index in [-0.39, 0.29) is 16.2 Å². The van der Waals surface area contributed by atoms with Gasteiger partial charge in [-0.25, -0.2) is 0 Å². The Labute approximate surface area is 142 Å². The Hall–Kier alpha value is -0.550. The molecule has 3 aliphatic rings. The Balaban J connectivity index is 1.77. The van der Waals surface area contributed by atoms with Crippen LogP contribution in [0.2, 0.25) is 0 Å². The third-order valence-electron chi connectivity index (χ3n) is 6.32. The van der Waals surface area contributed by atoms with Crippen molar-refractivity contribution in [3.05, 3.63) is 35.4 Å². The molecule has 4 rings (SSSR count). The first kappa shape index (κ1) is 15.9. The Morgan fingerprint density at radius 2 is 1.78 bits per heavy atom. The SMILES string of the molecule is CC(C)(C)[S+]([O-])N[C@@H]1c2ccccc2C2(CC2)C12CCNCC2. The van der Waals surface area contributed by atoms with E-state index in [9.17, 15) is 4.55 Å². The van der Waals surface area contributed by atoms with Crippen molar-refractivity contribution in [2.75, 3.05) is 13.1 Å². The molecule has 1 saturated carbocycles. The van der Waals surface area contributed by atoms with Crippen molar-refractivity contribution in [3.63, 3.8) is 0 Å². The highest BCUT2D eigenvalue weighted by Crippen LogP contribution is 2.72. The largest absolute Gasteiger partial charge is 0.598 e. The Kier molecular flexibility index (Phi) is 3.62. The molecule has 0 bridgehead atoms. The van der Waals surface area contributed by atoms with Crippen molar-refractivity contribution in [1.82, 2.24) is 10.0 Å². The van der Waals surface area contributed by atoms with Gasteiger partial charge in [-0.3, -0.25) is 0 Å². The van der Waals surface area contributed by atoms with Crippen molar-refractivity contribution in [1.29, 1.82) is 0 Å². The number of benzene rings is 1. The van der Waals surface area contributed by atoms with Crippen molar-refractivity contribution >= 4 is 11.4 Å². The van der Waals surface area contributed by atoms with Gasteiger partial charge >= 0.3 is 0 Å². The standard InChI is InChI=1S/C19H28N2OS/c1-17(2,3)23(22)21-16-14-6-4-5-7-15(14)18(8-9-18)19(16)10-12-20-13-11-19/h4-7,16,20-21H,8-13H2,1-3H3/t16-,23?/m1/s1. The minimum absolute atomic E-state index is 0.225. The van der Waals surface area contributed by atoms with Gasteiger partial charge in [-0.15, -0.1) is 4.72 Å². The lowest BCUT2D eigenvalue weighted by molar-refractivity contribution is 0.112. The summed E-state index contributed by atoms with van der Waals surface area (Å²) in [5.74, 6) is 0. The molecule has 1 aliphatic heterocycles. The zero-order valence-electron chi connectivity index (χ0n) is 14.4. The van der Waals surface area contributed by atoms with Crippen molar-refractivity contribution in [2.45, 2.75) is 62.7 Å². The second-order valence-electron chi connectivity index (χ2n) is 8.51. The maximum absolute atomic E-state index is 12.9. The highest BCUT2D eigenvalue weighted by Gasteiger charge is 2.68. The second-order valence-corrected chi connectivity index (χ2v) is 10.5. The summed E-state index contributed by atoms with van der Waals surface area (Å²) in [7, 11) is 0. The van der Waals surface area contributed by atoms with E-state index >= 15 is 0 Å². The molecule has 2 spiro atoms. The average Bonchev–Trinajstić information content (AvgIpc) is 3.31. The van der Waals surface area contributed by atoms with Crippen LogP contribution in [-0.2, 0) is 16.8 Å². The van der Waals surface area contributed by atoms with Crippen molar-refractivity contribution in [3.8, 4) is 0 Å². The zero-order chi connectivity index (χ0) is 16.3. The van der Waals surface area contributed by atoms with Gasteiger partial charge in [0.2, 0.25) is 0 Å². The first-order valence-corrected chi connectivity index (χ1v) is 10.0. The number of nitrogens with one attached hydrogen (secondary N) is 2. The molecule has 3 nitrogen and oxygen atoms in total. The highest BCUT2D eigenvalue weighted by atomic mass is 32.2. The number of piperidine rings is 1. The fourth-order valence-electron chi connectivity index (χ4n) is 5.02. The van der Waals surface area contributed by atoms with Gasteiger partial charge in [0.1, 0.15) is 4.75 Å². The molecule has 1 saturated heterocycles. The minimum Gasteiger partial charge on any atom is -0.598 e. The molecule has 4 heteroatoms. The summed E-state index contributed by atoms with van der Waals surface area (Å²) < 4.78 is 16.2. The van der Waals surface area contributed by atoms with Gasteiger partial charge < -0.3 is 9.87 Å². The lowest BCUT2D eigenvalue weighted by atomic mass is 9.65. The van der Waals surface area contributed by atoms with Gasteiger partial charge in [0.15, 0.2) is 0 Å². The Morgan fingerprint density at radius 1 is 1.13 bits per heavy atom. The summed E-state index contributed by atoms with van der Waals surface area (Å²) in [6.07, 6.45) is 4.95. The molecule has 2 fully saturated rings. The molecule has 0 amide bonds. The zero-order valence-corrected chi connectivity index (χ0v) is 15.3. The molecular weight excluding hydrogens is 304 g/mol. The third-order valence-corrected chi connectivity index (χ3v) is 7.88. The molecule has 1 heterocycles. The van der Waals surface area contributed by atoms with Crippen LogP contribution in [0.5, 0.6) is 0 Å². The van der Waals surface area contributed by atoms with Crippen LogP contribution in [0.15, 0.2) is 24.3 Å². The van der Waals surface area contributed by atoms with E-state index in [1.165, 1.54) is 36.8 Å². The first-order valence-electron chi connectivity index (χ1n) is 8.89. The lowest BCUT2D eigenvalue weighted by Crippen LogP contribution is -2.51. The molecule has 2 atom stereocenters. The van der Waals surface area contributed by atoms with Crippen LogP contribution in [0, 0.1) is 5.41 Å². The van der Waals surface area contributed by atoms with Crippen LogP contribution in [0.3, 0.4) is 0 Å². The molecule has 0 aromatic heterocycles. The molecule has 23 heavy (non-hydrogen) atoms. The molecule has 126 valence electrons. The Morgan fingerprint density at radius 3 is 2.39 bits per heavy atom. The first-order chi connectivity index (χ1) is 10.9. The molecular formula is C19H28N2OS. The third kappa shape index (κ3) is 2.22. The van der Waals surface area contributed by atoms with E-state index in [1.807, 2.05) is 0 Å². The maximum Gasteiger partial charge on any atom is 0.136 e. The van der Waals surface area contributed by atoms with E-state index in [0.717, 1.165) is 13.1 Å². The topological polar surface area (TPSA) is 47.1 Å². The van der Waals surface area contributed by atoms with Crippen LogP contribution in [0.1, 0.15) is 63.6 Å². The lowest BCUT2D eigenvalue weighted by Gasteiger charge is -2.45. The van der Waals surface area contributed by atoms with Crippen LogP contribution >= 0.6 is 0 Å². The van der Waals surface area contributed by atoms with Gasteiger partial charge in [0.25, 0.3) is 0 Å². The fourth-order valence-corrected chi connectivity index (χ4v) is 5.94. The van der Waals surface area contributed by atoms with Crippen LogP contribution in [0.25, 0.3) is 0 Å². The fraction of sp³-hybridized carbons (Fsp3) is 0.684. The van der Waals surface area contributed by atoms with Crippen LogP contribution < -0.4 is 10.0 Å². The average molecular weight is 333 g/mol. The molecule has 2 N–H and O–H groups in total. The smallest absolute Gasteiger partial charge is 0.136 e.